The van der Waals surface area contributed by atoms with Crippen LogP contribution in [0, 0.1) is 0 Å². The van der Waals surface area contributed by atoms with Gasteiger partial charge in [-0.2, -0.15) is 13.2 Å². The number of ether oxygens (including phenoxy) is 1. The molecule has 240 valence electrons. The van der Waals surface area contributed by atoms with Crippen LogP contribution in [-0.4, -0.2) is 85.1 Å². The molecule has 2 aliphatic rings. The van der Waals surface area contributed by atoms with Crippen LogP contribution in [0.5, 0.6) is 5.88 Å². The van der Waals surface area contributed by atoms with Crippen LogP contribution < -0.4 is 15.0 Å². The lowest BCUT2D eigenvalue weighted by Gasteiger charge is -2.43. The molecule has 0 aliphatic carbocycles. The fraction of sp³-hybridized carbons (Fsp3) is 0.424. The average molecular weight is 644 g/mol. The fourth-order valence-corrected chi connectivity index (χ4v) is 6.12. The molecule has 3 heterocycles. The highest BCUT2D eigenvalue weighted by atomic mass is 35.5. The zero-order valence-corrected chi connectivity index (χ0v) is 26.3. The Labute approximate surface area is 266 Å². The molecule has 2 aromatic carbocycles. The van der Waals surface area contributed by atoms with Gasteiger partial charge >= 0.3 is 6.18 Å². The van der Waals surface area contributed by atoms with Gasteiger partial charge in [-0.25, -0.2) is 4.98 Å². The van der Waals surface area contributed by atoms with E-state index < -0.39 is 23.2 Å². The van der Waals surface area contributed by atoms with Crippen LogP contribution in [0.15, 0.2) is 54.7 Å². The summed E-state index contributed by atoms with van der Waals surface area (Å²) in [6.07, 6.45) is -1.46. The Balaban J connectivity index is 1.45. The first-order chi connectivity index (χ1) is 21.5. The van der Waals surface area contributed by atoms with Crippen LogP contribution in [0.2, 0.25) is 5.02 Å². The normalized spacial score (nSPS) is 18.8. The molecule has 2 aliphatic heterocycles. The number of likely N-dealkylation sites (N-methyl/N-ethyl adjacent to an activating group) is 1. The number of nitrogens with zero attached hydrogens (tertiary/aromatic N) is 4. The van der Waals surface area contributed by atoms with E-state index in [4.69, 9.17) is 16.3 Å². The molecule has 12 heteroatoms. The van der Waals surface area contributed by atoms with E-state index in [2.05, 4.69) is 20.1 Å². The molecular formula is C33H37ClF3N5O3. The van der Waals surface area contributed by atoms with E-state index in [1.807, 2.05) is 51.2 Å². The quantitative estimate of drug-likeness (QED) is 0.309. The number of halogens is 4. The van der Waals surface area contributed by atoms with Gasteiger partial charge in [0.25, 0.3) is 11.8 Å². The summed E-state index contributed by atoms with van der Waals surface area (Å²) < 4.78 is 47.1. The minimum Gasteiger partial charge on any atom is -0.478 e. The topological polar surface area (TPSA) is 78.0 Å². The van der Waals surface area contributed by atoms with E-state index >= 15 is 0 Å². The van der Waals surface area contributed by atoms with Crippen LogP contribution in [0.25, 0.3) is 11.1 Å². The molecule has 0 unspecified atom stereocenters. The molecular weight excluding hydrogens is 607 g/mol. The standard InChI is InChI=1S/C33H37ClF3N5O3/c1-4-23-20-41(32(44)26-10-9-22(34)18-28(26)33(35,36)37)15-16-42(23)29-11-8-21(25-7-6-13-38-31(25)45-5-2)17-27(29)30(43)39-19-24-12-14-40(24)3/h6-11,13,17-18,23-24H,4-5,12,14-16,19-20H2,1-3H3,(H,39,43)/t23-,24-/m1/s1. The van der Waals surface area contributed by atoms with Gasteiger partial charge in [-0.15, -0.1) is 0 Å². The van der Waals surface area contributed by atoms with Gasteiger partial charge in [0.2, 0.25) is 5.88 Å². The van der Waals surface area contributed by atoms with E-state index in [-0.39, 0.29) is 36.1 Å². The molecule has 2 atom stereocenters. The molecule has 3 aromatic rings. The summed E-state index contributed by atoms with van der Waals surface area (Å²) in [7, 11) is 2.03. The van der Waals surface area contributed by atoms with Crippen molar-refractivity contribution in [3.8, 4) is 17.0 Å². The molecule has 0 saturated carbocycles. The van der Waals surface area contributed by atoms with Crippen molar-refractivity contribution in [3.63, 3.8) is 0 Å². The molecule has 8 nitrogen and oxygen atoms in total. The predicted octanol–water partition coefficient (Wildman–Crippen LogP) is 5.99. The number of hydrogen-bond donors (Lipinski definition) is 1. The Hall–Kier alpha value is -3.83. The molecule has 0 spiro atoms. The van der Waals surface area contributed by atoms with E-state index in [0.717, 1.165) is 36.2 Å². The lowest BCUT2D eigenvalue weighted by atomic mass is 9.98. The Morgan fingerprint density at radius 1 is 1.04 bits per heavy atom. The third-order valence-corrected chi connectivity index (χ3v) is 8.84. The van der Waals surface area contributed by atoms with Gasteiger partial charge in [-0.05, 0) is 81.4 Å². The van der Waals surface area contributed by atoms with Crippen molar-refractivity contribution >= 4 is 29.1 Å². The first-order valence-corrected chi connectivity index (χ1v) is 15.5. The molecule has 2 fully saturated rings. The number of pyridine rings is 1. The Kier molecular flexibility index (Phi) is 9.88. The molecule has 45 heavy (non-hydrogen) atoms. The largest absolute Gasteiger partial charge is 0.478 e. The number of hydrogen-bond acceptors (Lipinski definition) is 6. The fourth-order valence-electron chi connectivity index (χ4n) is 5.95. The molecule has 5 rings (SSSR count). The first-order valence-electron chi connectivity index (χ1n) is 15.1. The number of benzene rings is 2. The van der Waals surface area contributed by atoms with Crippen molar-refractivity contribution in [1.29, 1.82) is 0 Å². The number of nitrogens with one attached hydrogen (secondary N) is 1. The van der Waals surface area contributed by atoms with Crippen molar-refractivity contribution in [2.75, 3.05) is 51.3 Å². The molecule has 0 radical (unpaired) electrons. The SMILES string of the molecule is CCOc1ncccc1-c1ccc(N2CCN(C(=O)c3ccc(Cl)cc3C(F)(F)F)C[C@H]2CC)c(C(=O)NC[C@H]2CCN2C)c1. The van der Waals surface area contributed by atoms with Gasteiger partial charge in [0.05, 0.1) is 23.3 Å². The van der Waals surface area contributed by atoms with Gasteiger partial charge in [0.15, 0.2) is 0 Å². The number of carbonyl (C=O) groups excluding carboxylic acids is 2. The molecule has 1 aromatic heterocycles. The number of carbonyl (C=O) groups is 2. The van der Waals surface area contributed by atoms with Gasteiger partial charge in [-0.1, -0.05) is 24.6 Å². The second kappa shape index (κ2) is 13.7. The van der Waals surface area contributed by atoms with Crippen molar-refractivity contribution in [2.45, 2.75) is 44.9 Å². The molecule has 2 saturated heterocycles. The Bertz CT molecular complexity index is 1550. The molecule has 0 bridgehead atoms. The zero-order chi connectivity index (χ0) is 32.3. The van der Waals surface area contributed by atoms with Gasteiger partial charge < -0.3 is 24.8 Å². The van der Waals surface area contributed by atoms with Gasteiger partial charge in [-0.3, -0.25) is 9.59 Å². The van der Waals surface area contributed by atoms with E-state index in [0.29, 0.717) is 43.2 Å². The number of aromatic nitrogens is 1. The molecule has 1 N–H and O–H groups in total. The summed E-state index contributed by atoms with van der Waals surface area (Å²) >= 11 is 5.84. The van der Waals surface area contributed by atoms with Crippen LogP contribution in [0.4, 0.5) is 18.9 Å². The third-order valence-electron chi connectivity index (χ3n) is 8.61. The Morgan fingerprint density at radius 3 is 2.51 bits per heavy atom. The van der Waals surface area contributed by atoms with Crippen molar-refractivity contribution in [2.24, 2.45) is 0 Å². The summed E-state index contributed by atoms with van der Waals surface area (Å²) in [6.45, 7) is 6.49. The predicted molar refractivity (Wildman–Crippen MR) is 168 cm³/mol. The van der Waals surface area contributed by atoms with Gasteiger partial charge in [0, 0.05) is 60.7 Å². The zero-order valence-electron chi connectivity index (χ0n) is 25.5. The van der Waals surface area contributed by atoms with E-state index in [9.17, 15) is 22.8 Å². The highest BCUT2D eigenvalue weighted by molar-refractivity contribution is 6.30. The van der Waals surface area contributed by atoms with Crippen LogP contribution >= 0.6 is 11.6 Å². The van der Waals surface area contributed by atoms with E-state index in [1.54, 1.807) is 6.20 Å². The van der Waals surface area contributed by atoms with Crippen molar-refractivity contribution in [3.05, 3.63) is 76.4 Å². The van der Waals surface area contributed by atoms with Crippen LogP contribution in [-0.2, 0) is 6.18 Å². The summed E-state index contributed by atoms with van der Waals surface area (Å²) in [5.41, 5.74) is 1.21. The average Bonchev–Trinajstić information content (AvgIpc) is 3.03. The summed E-state index contributed by atoms with van der Waals surface area (Å²) in [6, 6.07) is 12.6. The second-order valence-corrected chi connectivity index (χ2v) is 11.8. The number of likely N-dealkylation sites (tertiary alicyclic amines) is 1. The number of anilines is 1. The lowest BCUT2D eigenvalue weighted by molar-refractivity contribution is -0.138. The van der Waals surface area contributed by atoms with Crippen LogP contribution in [0.3, 0.4) is 0 Å². The number of piperazine rings is 1. The number of alkyl halides is 3. The summed E-state index contributed by atoms with van der Waals surface area (Å²) in [5, 5.41) is 3.01. The number of rotatable bonds is 9. The molecule has 2 amide bonds. The highest BCUT2D eigenvalue weighted by Crippen LogP contribution is 2.36. The monoisotopic (exact) mass is 643 g/mol. The van der Waals surface area contributed by atoms with Crippen LogP contribution in [0.1, 0.15) is 53.0 Å². The first kappa shape index (κ1) is 32.6. The highest BCUT2D eigenvalue weighted by Gasteiger charge is 2.38. The summed E-state index contributed by atoms with van der Waals surface area (Å²) in [4.78, 5) is 37.3. The van der Waals surface area contributed by atoms with Gasteiger partial charge in [0.1, 0.15) is 0 Å². The van der Waals surface area contributed by atoms with Crippen molar-refractivity contribution < 1.29 is 27.5 Å². The lowest BCUT2D eigenvalue weighted by Crippen LogP contribution is -2.55. The maximum absolute atomic E-state index is 13.8. The minimum atomic E-state index is -4.73. The second-order valence-electron chi connectivity index (χ2n) is 11.3. The smallest absolute Gasteiger partial charge is 0.417 e. The van der Waals surface area contributed by atoms with E-state index in [1.165, 1.54) is 11.0 Å². The summed E-state index contributed by atoms with van der Waals surface area (Å²) in [5.74, 6) is -0.456. The Morgan fingerprint density at radius 2 is 1.84 bits per heavy atom. The third kappa shape index (κ3) is 7.04. The maximum Gasteiger partial charge on any atom is 0.417 e. The van der Waals surface area contributed by atoms with Crippen molar-refractivity contribution in [1.82, 2.24) is 20.1 Å². The minimum absolute atomic E-state index is 0.0898. The maximum atomic E-state index is 13.8. The number of amides is 2.